The van der Waals surface area contributed by atoms with Crippen molar-refractivity contribution in [2.75, 3.05) is 13.7 Å². The van der Waals surface area contributed by atoms with E-state index < -0.39 is 0 Å². The van der Waals surface area contributed by atoms with Crippen LogP contribution < -0.4 is 10.1 Å². The van der Waals surface area contributed by atoms with E-state index in [1.807, 2.05) is 19.1 Å². The van der Waals surface area contributed by atoms with E-state index in [1.54, 1.807) is 18.4 Å². The summed E-state index contributed by atoms with van der Waals surface area (Å²) in [6.07, 6.45) is 2.03. The van der Waals surface area contributed by atoms with E-state index in [-0.39, 0.29) is 5.54 Å². The minimum atomic E-state index is -0.122. The molecule has 1 heterocycles. The Morgan fingerprint density at radius 1 is 1.29 bits per heavy atom. The first-order valence-corrected chi connectivity index (χ1v) is 8.26. The van der Waals surface area contributed by atoms with Crippen molar-refractivity contribution < 1.29 is 4.74 Å². The summed E-state index contributed by atoms with van der Waals surface area (Å²) in [6, 6.07) is 8.29. The second-order valence-electron chi connectivity index (χ2n) is 5.58. The Balaban J connectivity index is 2.22. The summed E-state index contributed by atoms with van der Waals surface area (Å²) in [5, 5.41) is 6.95. The van der Waals surface area contributed by atoms with E-state index in [4.69, 9.17) is 9.72 Å². The van der Waals surface area contributed by atoms with Gasteiger partial charge in [0.15, 0.2) is 0 Å². The van der Waals surface area contributed by atoms with Crippen LogP contribution in [0.1, 0.15) is 36.5 Å². The van der Waals surface area contributed by atoms with E-state index in [2.05, 4.69) is 36.7 Å². The average Bonchev–Trinajstić information content (AvgIpc) is 2.93. The van der Waals surface area contributed by atoms with Gasteiger partial charge in [0.1, 0.15) is 10.8 Å². The highest BCUT2D eigenvalue weighted by Crippen LogP contribution is 2.29. The zero-order chi connectivity index (χ0) is 15.3. The summed E-state index contributed by atoms with van der Waals surface area (Å²) in [5.41, 5.74) is 2.26. The number of benzene rings is 1. The van der Waals surface area contributed by atoms with Crippen molar-refractivity contribution in [3.05, 3.63) is 45.9 Å². The van der Waals surface area contributed by atoms with Gasteiger partial charge < -0.3 is 10.1 Å². The van der Waals surface area contributed by atoms with Gasteiger partial charge in [0, 0.05) is 11.1 Å². The molecule has 0 spiro atoms. The Hall–Kier alpha value is -1.39. The summed E-state index contributed by atoms with van der Waals surface area (Å²) >= 11 is 1.74. The lowest BCUT2D eigenvalue weighted by Crippen LogP contribution is -2.42. The van der Waals surface area contributed by atoms with Crippen molar-refractivity contribution >= 4 is 11.3 Å². The van der Waals surface area contributed by atoms with Crippen LogP contribution in [-0.4, -0.2) is 18.6 Å². The third-order valence-corrected chi connectivity index (χ3v) is 4.80. The van der Waals surface area contributed by atoms with Gasteiger partial charge in [0.05, 0.1) is 12.6 Å². The minimum Gasteiger partial charge on any atom is -0.497 e. The summed E-state index contributed by atoms with van der Waals surface area (Å²) in [5.74, 6) is 0.895. The highest BCUT2D eigenvalue weighted by molar-refractivity contribution is 7.09. The summed E-state index contributed by atoms with van der Waals surface area (Å²) in [4.78, 5) is 4.70. The van der Waals surface area contributed by atoms with Gasteiger partial charge in [-0.2, -0.15) is 0 Å². The number of thiazole rings is 1. The van der Waals surface area contributed by atoms with Gasteiger partial charge >= 0.3 is 0 Å². The Morgan fingerprint density at radius 2 is 2.00 bits per heavy atom. The molecule has 0 amide bonds. The van der Waals surface area contributed by atoms with E-state index in [9.17, 15) is 0 Å². The molecule has 2 aromatic rings. The average molecular weight is 304 g/mol. The lowest BCUT2D eigenvalue weighted by atomic mass is 9.93. The second kappa shape index (κ2) is 7.05. The second-order valence-corrected chi connectivity index (χ2v) is 6.44. The first-order chi connectivity index (χ1) is 10.1. The van der Waals surface area contributed by atoms with Gasteiger partial charge in [-0.3, -0.25) is 0 Å². The van der Waals surface area contributed by atoms with Crippen molar-refractivity contribution in [1.82, 2.24) is 10.3 Å². The molecule has 2 rings (SSSR count). The maximum absolute atomic E-state index is 5.23. The summed E-state index contributed by atoms with van der Waals surface area (Å²) < 4.78 is 5.23. The van der Waals surface area contributed by atoms with Crippen molar-refractivity contribution in [1.29, 1.82) is 0 Å². The molecule has 1 atom stereocenters. The molecule has 0 aliphatic rings. The number of aryl methyl sites for hydroxylation is 1. The monoisotopic (exact) mass is 304 g/mol. The zero-order valence-corrected chi connectivity index (χ0v) is 14.1. The molecule has 1 aromatic carbocycles. The number of hydrogen-bond acceptors (Lipinski definition) is 4. The van der Waals surface area contributed by atoms with Gasteiger partial charge in [0.25, 0.3) is 0 Å². The Labute approximate surface area is 131 Å². The van der Waals surface area contributed by atoms with Crippen molar-refractivity contribution in [2.45, 2.75) is 39.2 Å². The van der Waals surface area contributed by atoms with E-state index in [0.717, 1.165) is 35.8 Å². The molecule has 0 bridgehead atoms. The number of methoxy groups -OCH3 is 1. The number of aromatic nitrogens is 1. The van der Waals surface area contributed by atoms with E-state index >= 15 is 0 Å². The normalized spacial score (nSPS) is 13.9. The molecule has 0 aliphatic heterocycles. The van der Waals surface area contributed by atoms with Gasteiger partial charge in [0.2, 0.25) is 0 Å². The van der Waals surface area contributed by atoms with Crippen LogP contribution in [0.5, 0.6) is 5.75 Å². The van der Waals surface area contributed by atoms with Crippen LogP contribution in [0.15, 0.2) is 29.6 Å². The lowest BCUT2D eigenvalue weighted by molar-refractivity contribution is 0.361. The van der Waals surface area contributed by atoms with Crippen molar-refractivity contribution in [3.8, 4) is 5.75 Å². The standard InChI is InChI=1S/C17H24N2OS/c1-5-10-18-17(3,16-19-13(2)12-21-16)11-14-6-8-15(20-4)9-7-14/h6-9,12,18H,5,10-11H2,1-4H3. The van der Waals surface area contributed by atoms with Gasteiger partial charge in [-0.25, -0.2) is 4.98 Å². The molecule has 0 fully saturated rings. The Bertz CT molecular complexity index is 564. The van der Waals surface area contributed by atoms with Gasteiger partial charge in [-0.1, -0.05) is 19.1 Å². The summed E-state index contributed by atoms with van der Waals surface area (Å²) in [6.45, 7) is 7.47. The molecule has 21 heavy (non-hydrogen) atoms. The summed E-state index contributed by atoms with van der Waals surface area (Å²) in [7, 11) is 1.69. The van der Waals surface area contributed by atoms with E-state index in [0.29, 0.717) is 0 Å². The number of nitrogens with one attached hydrogen (secondary N) is 1. The molecule has 1 aromatic heterocycles. The van der Waals surface area contributed by atoms with Crippen LogP contribution in [0.3, 0.4) is 0 Å². The van der Waals surface area contributed by atoms with Gasteiger partial charge in [-0.15, -0.1) is 11.3 Å². The van der Waals surface area contributed by atoms with Crippen LogP contribution in [0.25, 0.3) is 0 Å². The number of rotatable bonds is 7. The minimum absolute atomic E-state index is 0.122. The maximum atomic E-state index is 5.23. The largest absolute Gasteiger partial charge is 0.497 e. The molecule has 114 valence electrons. The first kappa shape index (κ1) is 16.0. The molecule has 0 radical (unpaired) electrons. The van der Waals surface area contributed by atoms with E-state index in [1.165, 1.54) is 5.56 Å². The third kappa shape index (κ3) is 4.05. The molecule has 0 saturated carbocycles. The number of ether oxygens (including phenoxy) is 1. The molecule has 1 unspecified atom stereocenters. The fraction of sp³-hybridized carbons (Fsp3) is 0.471. The third-order valence-electron chi connectivity index (χ3n) is 3.57. The van der Waals surface area contributed by atoms with Gasteiger partial charge in [-0.05, 0) is 50.9 Å². The Morgan fingerprint density at radius 3 is 2.52 bits per heavy atom. The SMILES string of the molecule is CCCNC(C)(Cc1ccc(OC)cc1)c1nc(C)cs1. The van der Waals surface area contributed by atoms with Crippen LogP contribution >= 0.6 is 11.3 Å². The first-order valence-electron chi connectivity index (χ1n) is 7.38. The predicted octanol–water partition coefficient (Wildman–Crippen LogP) is 3.92. The molecular formula is C17H24N2OS. The van der Waals surface area contributed by atoms with Crippen LogP contribution in [0.4, 0.5) is 0 Å². The fourth-order valence-corrected chi connectivity index (χ4v) is 3.31. The topological polar surface area (TPSA) is 34.1 Å². The molecular weight excluding hydrogens is 280 g/mol. The number of nitrogens with zero attached hydrogens (tertiary/aromatic N) is 1. The highest BCUT2D eigenvalue weighted by Gasteiger charge is 2.29. The van der Waals surface area contributed by atoms with Crippen LogP contribution in [-0.2, 0) is 12.0 Å². The molecule has 1 N–H and O–H groups in total. The molecule has 0 saturated heterocycles. The molecule has 0 aliphatic carbocycles. The van der Waals surface area contributed by atoms with Crippen LogP contribution in [0, 0.1) is 6.92 Å². The van der Waals surface area contributed by atoms with Crippen LogP contribution in [0.2, 0.25) is 0 Å². The lowest BCUT2D eigenvalue weighted by Gasteiger charge is -2.29. The highest BCUT2D eigenvalue weighted by atomic mass is 32.1. The predicted molar refractivity (Wildman–Crippen MR) is 89.2 cm³/mol. The molecule has 4 heteroatoms. The smallest absolute Gasteiger partial charge is 0.118 e. The number of hydrogen-bond donors (Lipinski definition) is 1. The maximum Gasteiger partial charge on any atom is 0.118 e. The van der Waals surface area contributed by atoms with Crippen molar-refractivity contribution in [2.24, 2.45) is 0 Å². The Kier molecular flexibility index (Phi) is 5.37. The quantitative estimate of drug-likeness (QED) is 0.842. The molecule has 3 nitrogen and oxygen atoms in total. The zero-order valence-electron chi connectivity index (χ0n) is 13.3. The van der Waals surface area contributed by atoms with Crippen molar-refractivity contribution in [3.63, 3.8) is 0 Å². The fourth-order valence-electron chi connectivity index (χ4n) is 2.37.